The zero-order chi connectivity index (χ0) is 29.6. The van der Waals surface area contributed by atoms with Crippen molar-refractivity contribution in [3.05, 3.63) is 59.9 Å². The molecule has 0 bridgehead atoms. The summed E-state index contributed by atoms with van der Waals surface area (Å²) in [6.45, 7) is 4.58. The maximum Gasteiger partial charge on any atom is 0.179 e. The zero-order valence-electron chi connectivity index (χ0n) is 22.2. The van der Waals surface area contributed by atoms with Crippen LogP contribution in [0.1, 0.15) is 24.2 Å². The van der Waals surface area contributed by atoms with E-state index in [2.05, 4.69) is 55.1 Å². The quantitative estimate of drug-likeness (QED) is 0.261. The highest BCUT2D eigenvalue weighted by Gasteiger charge is 2.28. The van der Waals surface area contributed by atoms with Gasteiger partial charge in [0.25, 0.3) is 0 Å². The van der Waals surface area contributed by atoms with Gasteiger partial charge in [0.15, 0.2) is 19.7 Å². The first kappa shape index (κ1) is 31.6. The van der Waals surface area contributed by atoms with E-state index in [9.17, 15) is 21.9 Å². The molecule has 0 unspecified atom stereocenters. The molecule has 4 aromatic rings. The number of pyridine rings is 2. The molecule has 3 heterocycles. The van der Waals surface area contributed by atoms with Gasteiger partial charge in [-0.1, -0.05) is 11.6 Å². The highest BCUT2D eigenvalue weighted by atomic mass is 127. The van der Waals surface area contributed by atoms with Crippen LogP contribution in [0.2, 0.25) is 5.02 Å². The third-order valence-electron chi connectivity index (χ3n) is 6.51. The predicted octanol–water partition coefficient (Wildman–Crippen LogP) is 5.72. The molecule has 214 valence electrons. The molecule has 8 nitrogen and oxygen atoms in total. The summed E-state index contributed by atoms with van der Waals surface area (Å²) in [7, 11) is -6.79. The lowest BCUT2D eigenvalue weighted by Gasteiger charge is -2.34. The number of benzene rings is 2. The molecule has 2 aromatic carbocycles. The van der Waals surface area contributed by atoms with Crippen LogP contribution in [0.3, 0.4) is 0 Å². The van der Waals surface area contributed by atoms with Gasteiger partial charge in [-0.05, 0) is 108 Å². The van der Waals surface area contributed by atoms with Crippen molar-refractivity contribution in [2.75, 3.05) is 30.5 Å². The Morgan fingerprint density at radius 1 is 0.875 bits per heavy atom. The summed E-state index contributed by atoms with van der Waals surface area (Å²) in [6.07, 6.45) is 3.53. The number of anilines is 1. The molecule has 0 radical (unpaired) electrons. The Labute approximate surface area is 266 Å². The zero-order valence-corrected chi connectivity index (χ0v) is 28.9. The smallest absolute Gasteiger partial charge is 0.179 e. The van der Waals surface area contributed by atoms with Crippen LogP contribution in [-0.4, -0.2) is 63.6 Å². The minimum absolute atomic E-state index is 0.119. The number of piperidine rings is 1. The van der Waals surface area contributed by atoms with E-state index in [0.717, 1.165) is 43.7 Å². The van der Waals surface area contributed by atoms with Gasteiger partial charge in [0.1, 0.15) is 9.79 Å². The van der Waals surface area contributed by atoms with E-state index in [1.807, 2.05) is 41.3 Å². The molecular formula is C27H28ClI2N3O5S2. The van der Waals surface area contributed by atoms with Gasteiger partial charge in [-0.3, -0.25) is 9.97 Å². The van der Waals surface area contributed by atoms with Crippen molar-refractivity contribution in [3.63, 3.8) is 0 Å². The Morgan fingerprint density at radius 3 is 1.90 bits per heavy atom. The van der Waals surface area contributed by atoms with Gasteiger partial charge < -0.3 is 10.0 Å². The maximum absolute atomic E-state index is 12.4. The Hall–Kier alpha value is -1.33. The number of hydrogen-bond acceptors (Lipinski definition) is 8. The van der Waals surface area contributed by atoms with Crippen molar-refractivity contribution in [3.8, 4) is 0 Å². The molecule has 13 heteroatoms. The predicted molar refractivity (Wildman–Crippen MR) is 177 cm³/mol. The minimum Gasteiger partial charge on any atom is -0.391 e. The van der Waals surface area contributed by atoms with Gasteiger partial charge >= 0.3 is 0 Å². The number of sulfone groups is 2. The van der Waals surface area contributed by atoms with Crippen molar-refractivity contribution in [1.82, 2.24) is 9.97 Å². The van der Waals surface area contributed by atoms with Crippen LogP contribution in [0.15, 0.2) is 46.2 Å². The molecule has 1 aliphatic heterocycles. The van der Waals surface area contributed by atoms with E-state index in [1.165, 1.54) is 6.26 Å². The van der Waals surface area contributed by atoms with E-state index in [1.54, 1.807) is 13.8 Å². The number of nitrogens with zero attached hydrogens (tertiary/aromatic N) is 3. The normalized spacial score (nSPS) is 16.2. The second-order valence-corrected chi connectivity index (χ2v) is 16.6. The number of aliphatic hydroxyl groups excluding tert-OH is 1. The van der Waals surface area contributed by atoms with Crippen LogP contribution < -0.4 is 4.90 Å². The molecule has 1 aliphatic rings. The number of halogens is 3. The Kier molecular flexibility index (Phi) is 9.57. The van der Waals surface area contributed by atoms with E-state index in [-0.39, 0.29) is 14.8 Å². The molecule has 5 rings (SSSR count). The summed E-state index contributed by atoms with van der Waals surface area (Å²) >= 11 is 10.5. The third kappa shape index (κ3) is 6.83. The number of aromatic nitrogens is 2. The van der Waals surface area contributed by atoms with E-state index in [0.29, 0.717) is 34.5 Å². The first-order valence-corrected chi connectivity index (χ1v) is 18.6. The first-order chi connectivity index (χ1) is 18.6. The second-order valence-electron chi connectivity index (χ2n) is 9.82. The molecule has 0 aliphatic carbocycles. The van der Waals surface area contributed by atoms with Crippen molar-refractivity contribution in [1.29, 1.82) is 0 Å². The van der Waals surface area contributed by atoms with Crippen LogP contribution in [0.5, 0.6) is 0 Å². The monoisotopic (exact) mass is 827 g/mol. The first-order valence-electron chi connectivity index (χ1n) is 12.3. The lowest BCUT2D eigenvalue weighted by atomic mass is 10.1. The molecule has 1 atom stereocenters. The third-order valence-corrected chi connectivity index (χ3v) is 10.8. The summed E-state index contributed by atoms with van der Waals surface area (Å²) in [6, 6.07) is 11.4. The van der Waals surface area contributed by atoms with Gasteiger partial charge in [0.05, 0.1) is 39.2 Å². The lowest BCUT2D eigenvalue weighted by molar-refractivity contribution is 0.154. The van der Waals surface area contributed by atoms with Gasteiger partial charge in [0, 0.05) is 43.5 Å². The summed E-state index contributed by atoms with van der Waals surface area (Å²) in [5.41, 5.74) is 3.13. The summed E-state index contributed by atoms with van der Waals surface area (Å²) in [5.74, 6) is 0. The van der Waals surface area contributed by atoms with Gasteiger partial charge in [0.2, 0.25) is 0 Å². The summed E-state index contributed by atoms with van der Waals surface area (Å²) in [4.78, 5) is 11.2. The van der Waals surface area contributed by atoms with Gasteiger partial charge in [-0.15, -0.1) is 0 Å². The Balaban J connectivity index is 0.000000194. The molecule has 1 fully saturated rings. The SMILES string of the molecule is Cc1nc2ccc(I)cc2c(Cl)c1S(C)(=O)=O.Cc1nc2ccc(I)cc2c(N2CCC[C@H](O)C2)c1S(C)(=O)=O. The second kappa shape index (κ2) is 12.1. The van der Waals surface area contributed by atoms with Crippen LogP contribution >= 0.6 is 56.8 Å². The molecule has 0 saturated carbocycles. The molecule has 0 spiro atoms. The fourth-order valence-corrected chi connectivity index (χ4v) is 8.84. The topological polar surface area (TPSA) is 118 Å². The van der Waals surface area contributed by atoms with Crippen LogP contribution in [0.25, 0.3) is 21.8 Å². The number of β-amino-alcohol motifs (C(OH)–C–C–N with tert-alkyl or cyclic N) is 1. The molecule has 2 aromatic heterocycles. The maximum atomic E-state index is 12.4. The number of hydrogen-bond donors (Lipinski definition) is 1. The molecular weight excluding hydrogens is 800 g/mol. The van der Waals surface area contributed by atoms with Crippen LogP contribution in [-0.2, 0) is 19.7 Å². The number of rotatable bonds is 3. The Bertz CT molecular complexity index is 1850. The fourth-order valence-electron chi connectivity index (χ4n) is 4.96. The Morgan fingerprint density at radius 2 is 1.38 bits per heavy atom. The number of aryl methyl sites for hydroxylation is 2. The van der Waals surface area contributed by atoms with Crippen molar-refractivity contribution in [2.24, 2.45) is 0 Å². The average Bonchev–Trinajstić information content (AvgIpc) is 2.83. The fraction of sp³-hybridized carbons (Fsp3) is 0.333. The van der Waals surface area contributed by atoms with Crippen molar-refractivity contribution >= 4 is 104 Å². The molecule has 1 N–H and O–H groups in total. The number of fused-ring (bicyclic) bond motifs is 2. The highest BCUT2D eigenvalue weighted by Crippen LogP contribution is 2.37. The standard InChI is InChI=1S/C16H19IN2O3S.C11H9ClINO2S/c1-10-16(23(2,21)22)15(19-7-3-4-12(20)9-19)13-8-11(17)5-6-14(13)18-10;1-6-11(17(2,15)16)10(12)8-5-7(13)3-4-9(8)14-6/h5-6,8,12,20H,3-4,7,9H2,1-2H3;3-5H,1-2H3/t12-;/m0./s1. The van der Waals surface area contributed by atoms with Crippen LogP contribution in [0.4, 0.5) is 5.69 Å². The largest absolute Gasteiger partial charge is 0.391 e. The van der Waals surface area contributed by atoms with Gasteiger partial charge in [-0.2, -0.15) is 0 Å². The van der Waals surface area contributed by atoms with Gasteiger partial charge in [-0.25, -0.2) is 16.8 Å². The number of aliphatic hydroxyl groups is 1. The molecule has 0 amide bonds. The highest BCUT2D eigenvalue weighted by molar-refractivity contribution is 14.1. The molecule has 40 heavy (non-hydrogen) atoms. The summed E-state index contributed by atoms with van der Waals surface area (Å²) in [5, 5.41) is 11.8. The minimum atomic E-state index is -3.42. The van der Waals surface area contributed by atoms with E-state index in [4.69, 9.17) is 11.6 Å². The lowest BCUT2D eigenvalue weighted by Crippen LogP contribution is -2.39. The average molecular weight is 828 g/mol. The van der Waals surface area contributed by atoms with Crippen molar-refractivity contribution in [2.45, 2.75) is 42.6 Å². The summed E-state index contributed by atoms with van der Waals surface area (Å²) < 4.78 is 50.2. The van der Waals surface area contributed by atoms with Crippen LogP contribution in [0, 0.1) is 21.0 Å². The molecule has 1 saturated heterocycles. The van der Waals surface area contributed by atoms with E-state index < -0.39 is 25.8 Å². The van der Waals surface area contributed by atoms with E-state index >= 15 is 0 Å². The van der Waals surface area contributed by atoms with Crippen molar-refractivity contribution < 1.29 is 21.9 Å².